The van der Waals surface area contributed by atoms with Crippen LogP contribution in [0.3, 0.4) is 0 Å². The van der Waals surface area contributed by atoms with Crippen molar-refractivity contribution in [3.63, 3.8) is 0 Å². The van der Waals surface area contributed by atoms with Gasteiger partial charge in [0.25, 0.3) is 5.56 Å². The molecule has 6 nitrogen and oxygen atoms in total. The van der Waals surface area contributed by atoms with Gasteiger partial charge in [-0.05, 0) is 37.8 Å². The van der Waals surface area contributed by atoms with Crippen LogP contribution in [0.25, 0.3) is 6.08 Å². The molecule has 4 atom stereocenters. The molecular weight excluding hydrogens is 342 g/mol. The molecular formula is C21H29N3O3. The number of hydrogen-bond acceptors (Lipinski definition) is 4. The van der Waals surface area contributed by atoms with E-state index in [0.717, 1.165) is 12.2 Å². The van der Waals surface area contributed by atoms with E-state index < -0.39 is 0 Å². The minimum Gasteiger partial charge on any atom is -0.396 e. The normalized spacial score (nSPS) is 29.9. The summed E-state index contributed by atoms with van der Waals surface area (Å²) in [5.41, 5.74) is 1.71. The molecule has 1 aliphatic carbocycles. The maximum Gasteiger partial charge on any atom is 0.258 e. The molecule has 1 aromatic heterocycles. The molecule has 3 aliphatic rings. The van der Waals surface area contributed by atoms with Gasteiger partial charge in [0.1, 0.15) is 0 Å². The van der Waals surface area contributed by atoms with E-state index in [1.165, 1.54) is 12.8 Å². The first-order valence-corrected chi connectivity index (χ1v) is 9.92. The topological polar surface area (TPSA) is 65.8 Å². The molecule has 27 heavy (non-hydrogen) atoms. The fourth-order valence-electron chi connectivity index (χ4n) is 4.98. The van der Waals surface area contributed by atoms with Crippen LogP contribution in [0, 0.1) is 17.8 Å². The van der Waals surface area contributed by atoms with Crippen molar-refractivity contribution < 1.29 is 9.90 Å². The van der Waals surface area contributed by atoms with E-state index in [1.54, 1.807) is 19.0 Å². The molecule has 0 spiro atoms. The van der Waals surface area contributed by atoms with Crippen LogP contribution in [0.15, 0.2) is 23.0 Å². The van der Waals surface area contributed by atoms with Crippen LogP contribution in [0.5, 0.6) is 0 Å². The van der Waals surface area contributed by atoms with Gasteiger partial charge in [-0.1, -0.05) is 12.2 Å². The molecule has 0 unspecified atom stereocenters. The van der Waals surface area contributed by atoms with Crippen LogP contribution in [0.4, 0.5) is 0 Å². The van der Waals surface area contributed by atoms with Crippen LogP contribution >= 0.6 is 0 Å². The Balaban J connectivity index is 1.78. The molecule has 0 radical (unpaired) electrons. The van der Waals surface area contributed by atoms with E-state index >= 15 is 0 Å². The maximum absolute atomic E-state index is 13.0. The summed E-state index contributed by atoms with van der Waals surface area (Å²) in [6, 6.07) is 3.66. The second kappa shape index (κ2) is 6.91. The Labute approximate surface area is 160 Å². The Kier molecular flexibility index (Phi) is 4.72. The van der Waals surface area contributed by atoms with Gasteiger partial charge in [0.15, 0.2) is 0 Å². The highest BCUT2D eigenvalue weighted by Crippen LogP contribution is 2.50. The minimum atomic E-state index is -0.306. The number of aliphatic hydroxyl groups is 1. The minimum absolute atomic E-state index is 0.0264. The van der Waals surface area contributed by atoms with Gasteiger partial charge in [-0.3, -0.25) is 14.5 Å². The number of amides is 1. The molecule has 1 saturated heterocycles. The van der Waals surface area contributed by atoms with Gasteiger partial charge in [0.2, 0.25) is 5.91 Å². The predicted octanol–water partition coefficient (Wildman–Crippen LogP) is 1.34. The summed E-state index contributed by atoms with van der Waals surface area (Å²) in [5, 5.41) is 10.2. The summed E-state index contributed by atoms with van der Waals surface area (Å²) >= 11 is 0. The number of carbonyl (C=O) groups excluding carboxylic acids is 1. The van der Waals surface area contributed by atoms with Gasteiger partial charge in [0.05, 0.1) is 12.1 Å². The molecule has 146 valence electrons. The number of rotatable bonds is 5. The summed E-state index contributed by atoms with van der Waals surface area (Å²) in [6.45, 7) is 3.32. The van der Waals surface area contributed by atoms with Crippen molar-refractivity contribution in [1.29, 1.82) is 0 Å². The number of likely N-dealkylation sites (tertiary alicyclic amines) is 1. The number of likely N-dealkylation sites (N-methyl/N-ethyl adjacent to an activating group) is 1. The average Bonchev–Trinajstić information content (AvgIpc) is 3.30. The Hall–Kier alpha value is -1.92. The second-order valence-corrected chi connectivity index (χ2v) is 8.40. The second-order valence-electron chi connectivity index (χ2n) is 8.40. The molecule has 2 aliphatic heterocycles. The highest BCUT2D eigenvalue weighted by molar-refractivity contribution is 5.82. The van der Waals surface area contributed by atoms with E-state index in [-0.39, 0.29) is 42.0 Å². The highest BCUT2D eigenvalue weighted by atomic mass is 16.3. The molecule has 1 aromatic rings. The van der Waals surface area contributed by atoms with Crippen LogP contribution in [-0.2, 0) is 11.3 Å². The number of allylic oxidation sites excluding steroid dienone is 1. The van der Waals surface area contributed by atoms with E-state index in [1.807, 2.05) is 35.8 Å². The Morgan fingerprint density at radius 3 is 2.67 bits per heavy atom. The fraction of sp³-hybridized carbons (Fsp3) is 0.619. The molecule has 1 saturated carbocycles. The maximum atomic E-state index is 13.0. The Morgan fingerprint density at radius 2 is 2.07 bits per heavy atom. The van der Waals surface area contributed by atoms with Crippen molar-refractivity contribution in [3.05, 3.63) is 39.8 Å². The van der Waals surface area contributed by atoms with Crippen molar-refractivity contribution in [2.45, 2.75) is 38.4 Å². The number of hydrogen-bond donors (Lipinski definition) is 1. The number of nitrogens with zero attached hydrogens (tertiary/aromatic N) is 3. The first kappa shape index (κ1) is 18.4. The molecule has 6 heteroatoms. The third-order valence-corrected chi connectivity index (χ3v) is 6.43. The van der Waals surface area contributed by atoms with Gasteiger partial charge in [-0.15, -0.1) is 0 Å². The quantitative estimate of drug-likeness (QED) is 0.848. The number of carbonyl (C=O) groups is 1. The summed E-state index contributed by atoms with van der Waals surface area (Å²) in [5.74, 6) is 0.636. The predicted molar refractivity (Wildman–Crippen MR) is 104 cm³/mol. The molecule has 0 aromatic carbocycles. The molecule has 0 bridgehead atoms. The monoisotopic (exact) mass is 371 g/mol. The lowest BCUT2D eigenvalue weighted by Gasteiger charge is -2.32. The third-order valence-electron chi connectivity index (χ3n) is 6.43. The van der Waals surface area contributed by atoms with Crippen LogP contribution in [-0.4, -0.2) is 58.7 Å². The van der Waals surface area contributed by atoms with Crippen molar-refractivity contribution in [1.82, 2.24) is 14.4 Å². The number of aromatic nitrogens is 1. The van der Waals surface area contributed by atoms with E-state index in [0.29, 0.717) is 18.0 Å². The summed E-state index contributed by atoms with van der Waals surface area (Å²) in [7, 11) is 3.56. The van der Waals surface area contributed by atoms with Gasteiger partial charge >= 0.3 is 0 Å². The lowest BCUT2D eigenvalue weighted by molar-refractivity contribution is -0.135. The van der Waals surface area contributed by atoms with Crippen molar-refractivity contribution in [2.24, 2.45) is 17.8 Å². The summed E-state index contributed by atoms with van der Waals surface area (Å²) in [6.07, 6.45) is 6.12. The smallest absolute Gasteiger partial charge is 0.258 e. The first-order chi connectivity index (χ1) is 13.0. The molecule has 3 heterocycles. The number of aliphatic hydroxyl groups excluding tert-OH is 1. The zero-order valence-corrected chi connectivity index (χ0v) is 16.3. The van der Waals surface area contributed by atoms with E-state index in [9.17, 15) is 14.7 Å². The molecule has 1 amide bonds. The van der Waals surface area contributed by atoms with Crippen LogP contribution in [0.1, 0.15) is 37.1 Å². The van der Waals surface area contributed by atoms with Gasteiger partial charge in [-0.2, -0.15) is 0 Å². The standard InChI is InChI=1S/C21H29N3O3/c1-4-5-14-8-9-17-18-15(11-23(17)20(14)26)16(12-25)19(21(27)22(2)3)24(18)10-13-6-7-13/h4-5,8-9,13,15-16,18-19,25H,6-7,10-12H2,1-3H3/b5-4-/t15-,16-,18+,19-/m0/s1. The number of pyridine rings is 1. The fourth-order valence-corrected chi connectivity index (χ4v) is 4.98. The average molecular weight is 371 g/mol. The van der Waals surface area contributed by atoms with E-state index in [2.05, 4.69) is 4.90 Å². The molecule has 2 fully saturated rings. The van der Waals surface area contributed by atoms with Gasteiger partial charge in [0, 0.05) is 56.9 Å². The Bertz CT molecular complexity index is 824. The van der Waals surface area contributed by atoms with Crippen molar-refractivity contribution in [2.75, 3.05) is 27.2 Å². The number of fused-ring (bicyclic) bond motifs is 3. The lowest BCUT2D eigenvalue weighted by Crippen LogP contribution is -2.48. The van der Waals surface area contributed by atoms with Gasteiger partial charge < -0.3 is 14.6 Å². The first-order valence-electron chi connectivity index (χ1n) is 9.92. The van der Waals surface area contributed by atoms with Crippen LogP contribution in [0.2, 0.25) is 0 Å². The largest absolute Gasteiger partial charge is 0.396 e. The third kappa shape index (κ3) is 2.95. The van der Waals surface area contributed by atoms with E-state index in [4.69, 9.17) is 0 Å². The molecule has 4 rings (SSSR count). The summed E-state index contributed by atoms with van der Waals surface area (Å²) in [4.78, 5) is 29.8. The van der Waals surface area contributed by atoms with Crippen molar-refractivity contribution in [3.8, 4) is 0 Å². The Morgan fingerprint density at radius 1 is 1.33 bits per heavy atom. The van der Waals surface area contributed by atoms with Crippen LogP contribution < -0.4 is 5.56 Å². The zero-order chi connectivity index (χ0) is 19.3. The SMILES string of the molecule is C/C=C\c1ccc2n(c1=O)C[C@H]1[C@H](CO)[C@@H](C(=O)N(C)C)N(CC3CC3)[C@@H]21. The summed E-state index contributed by atoms with van der Waals surface area (Å²) < 4.78 is 1.86. The zero-order valence-electron chi connectivity index (χ0n) is 16.3. The lowest BCUT2D eigenvalue weighted by atomic mass is 9.88. The van der Waals surface area contributed by atoms with Crippen molar-refractivity contribution >= 4 is 12.0 Å². The molecule has 1 N–H and O–H groups in total. The van der Waals surface area contributed by atoms with Gasteiger partial charge in [-0.25, -0.2) is 0 Å². The highest BCUT2D eigenvalue weighted by Gasteiger charge is 2.56.